The van der Waals surface area contributed by atoms with Gasteiger partial charge in [-0.3, -0.25) is 0 Å². The average Bonchev–Trinajstić information content (AvgIpc) is 3.22. The molecule has 1 atom stereocenters. The molecule has 0 aliphatic heterocycles. The Bertz CT molecular complexity index is 1670. The van der Waals surface area contributed by atoms with Gasteiger partial charge in [-0.15, -0.1) is 0 Å². The van der Waals surface area contributed by atoms with Crippen LogP contribution in [0.3, 0.4) is 0 Å². The maximum absolute atomic E-state index is 9.46. The summed E-state index contributed by atoms with van der Waals surface area (Å²) in [6, 6.07) is 43.9. The number of hydrogen-bond donors (Lipinski definition) is 0. The third-order valence-corrected chi connectivity index (χ3v) is 7.21. The first-order chi connectivity index (χ1) is 18.7. The summed E-state index contributed by atoms with van der Waals surface area (Å²) in [5.74, 6) is 0. The van der Waals surface area contributed by atoms with Gasteiger partial charge in [0.05, 0.1) is 5.54 Å². The number of anilines is 3. The van der Waals surface area contributed by atoms with Crippen LogP contribution in [0.15, 0.2) is 133 Å². The van der Waals surface area contributed by atoms with E-state index in [2.05, 4.69) is 106 Å². The molecule has 0 saturated carbocycles. The lowest BCUT2D eigenvalue weighted by atomic mass is 9.90. The van der Waals surface area contributed by atoms with Gasteiger partial charge in [-0.1, -0.05) is 108 Å². The third kappa shape index (κ3) is 4.13. The molecule has 1 aliphatic rings. The summed E-state index contributed by atoms with van der Waals surface area (Å²) >= 11 is 0. The minimum absolute atomic E-state index is 0.773. The van der Waals surface area contributed by atoms with Crippen LogP contribution in [0.4, 0.5) is 17.1 Å². The molecular formula is C34H26N4. The molecule has 0 N–H and O–H groups in total. The quantitative estimate of drug-likeness (QED) is 0.101. The van der Waals surface area contributed by atoms with Gasteiger partial charge in [0.2, 0.25) is 0 Å². The molecule has 0 aromatic heterocycles. The molecule has 5 aromatic rings. The minimum Gasteiger partial charge on any atom is -0.310 e. The first-order valence-corrected chi connectivity index (χ1v) is 12.7. The molecule has 4 heteroatoms. The SMILES string of the molecule is CC1(N=[N+]=[N-])c2ccccc2-c2ccc(N(c3ccccc3)c3ccc(/C=C/c4ccccc4)cc3)cc21. The van der Waals surface area contributed by atoms with E-state index in [0.29, 0.717) is 0 Å². The second kappa shape index (κ2) is 9.78. The fourth-order valence-electron chi connectivity index (χ4n) is 5.31. The molecule has 1 aliphatic carbocycles. The Morgan fingerprint density at radius 3 is 1.87 bits per heavy atom. The molecule has 6 rings (SSSR count). The highest BCUT2D eigenvalue weighted by molar-refractivity contribution is 5.85. The van der Waals surface area contributed by atoms with Crippen molar-refractivity contribution in [2.45, 2.75) is 12.5 Å². The number of rotatable bonds is 6. The largest absolute Gasteiger partial charge is 0.310 e. The Kier molecular flexibility index (Phi) is 6.01. The Morgan fingerprint density at radius 1 is 0.605 bits per heavy atom. The van der Waals surface area contributed by atoms with Gasteiger partial charge >= 0.3 is 0 Å². The van der Waals surface area contributed by atoms with E-state index >= 15 is 0 Å². The molecular weight excluding hydrogens is 464 g/mol. The Balaban J connectivity index is 1.43. The molecule has 0 bridgehead atoms. The van der Waals surface area contributed by atoms with Crippen molar-refractivity contribution in [3.8, 4) is 11.1 Å². The predicted octanol–water partition coefficient (Wildman–Crippen LogP) is 9.88. The summed E-state index contributed by atoms with van der Waals surface area (Å²) in [4.78, 5) is 5.47. The zero-order chi connectivity index (χ0) is 26.0. The van der Waals surface area contributed by atoms with Gasteiger partial charge in [-0.25, -0.2) is 0 Å². The van der Waals surface area contributed by atoms with Crippen molar-refractivity contribution in [3.05, 3.63) is 160 Å². The van der Waals surface area contributed by atoms with E-state index in [9.17, 15) is 5.53 Å². The first-order valence-electron chi connectivity index (χ1n) is 12.7. The number of fused-ring (bicyclic) bond motifs is 3. The van der Waals surface area contributed by atoms with Gasteiger partial charge in [0.1, 0.15) is 0 Å². The minimum atomic E-state index is -0.773. The van der Waals surface area contributed by atoms with Crippen molar-refractivity contribution in [2.24, 2.45) is 5.11 Å². The van der Waals surface area contributed by atoms with E-state index in [1.54, 1.807) is 0 Å². The van der Waals surface area contributed by atoms with E-state index in [4.69, 9.17) is 0 Å². The smallest absolute Gasteiger partial charge is 0.0972 e. The van der Waals surface area contributed by atoms with Crippen LogP contribution in [-0.4, -0.2) is 0 Å². The predicted molar refractivity (Wildman–Crippen MR) is 158 cm³/mol. The fraction of sp³-hybridized carbons (Fsp3) is 0.0588. The van der Waals surface area contributed by atoms with Gasteiger partial charge in [0.25, 0.3) is 0 Å². The zero-order valence-electron chi connectivity index (χ0n) is 21.1. The van der Waals surface area contributed by atoms with Crippen molar-refractivity contribution < 1.29 is 0 Å². The Labute approximate surface area is 222 Å². The average molecular weight is 491 g/mol. The lowest BCUT2D eigenvalue weighted by Gasteiger charge is -2.28. The van der Waals surface area contributed by atoms with Gasteiger partial charge in [-0.2, -0.15) is 0 Å². The Morgan fingerprint density at radius 2 is 1.16 bits per heavy atom. The van der Waals surface area contributed by atoms with Gasteiger partial charge in [0, 0.05) is 22.0 Å². The van der Waals surface area contributed by atoms with Crippen LogP contribution in [0.5, 0.6) is 0 Å². The maximum atomic E-state index is 9.46. The number of nitrogens with zero attached hydrogens (tertiary/aromatic N) is 4. The molecule has 1 unspecified atom stereocenters. The third-order valence-electron chi connectivity index (χ3n) is 7.21. The standard InChI is InChI=1S/C34H26N4/c1-34(36-37-35)32-15-9-8-14-30(32)31-23-22-29(24-33(31)34)38(27-12-6-3-7-13-27)28-20-18-26(19-21-28)17-16-25-10-4-2-5-11-25/h2-24H,1H3/b17-16+. The number of azide groups is 1. The molecule has 38 heavy (non-hydrogen) atoms. The summed E-state index contributed by atoms with van der Waals surface area (Å²) in [5.41, 5.74) is 18.4. The van der Waals surface area contributed by atoms with Crippen molar-refractivity contribution in [1.29, 1.82) is 0 Å². The summed E-state index contributed by atoms with van der Waals surface area (Å²) < 4.78 is 0. The van der Waals surface area contributed by atoms with E-state index in [1.165, 1.54) is 5.56 Å². The summed E-state index contributed by atoms with van der Waals surface area (Å²) in [5, 5.41) is 4.30. The van der Waals surface area contributed by atoms with Crippen LogP contribution in [0.1, 0.15) is 29.2 Å². The van der Waals surface area contributed by atoms with Gasteiger partial charge in [0.15, 0.2) is 0 Å². The topological polar surface area (TPSA) is 52.0 Å². The van der Waals surface area contributed by atoms with Crippen molar-refractivity contribution in [2.75, 3.05) is 4.90 Å². The van der Waals surface area contributed by atoms with Crippen LogP contribution < -0.4 is 4.90 Å². The second-order valence-electron chi connectivity index (χ2n) is 9.54. The molecule has 0 heterocycles. The summed E-state index contributed by atoms with van der Waals surface area (Å²) in [7, 11) is 0. The highest BCUT2D eigenvalue weighted by Gasteiger charge is 2.39. The van der Waals surface area contributed by atoms with Crippen LogP contribution in [0.25, 0.3) is 33.7 Å². The molecule has 4 nitrogen and oxygen atoms in total. The lowest BCUT2D eigenvalue weighted by Crippen LogP contribution is -2.17. The Hall–Kier alpha value is -5.05. The number of para-hydroxylation sites is 1. The molecule has 0 radical (unpaired) electrons. The van der Waals surface area contributed by atoms with Crippen LogP contribution in [-0.2, 0) is 5.54 Å². The molecule has 5 aromatic carbocycles. The van der Waals surface area contributed by atoms with Crippen LogP contribution in [0.2, 0.25) is 0 Å². The van der Waals surface area contributed by atoms with Crippen molar-refractivity contribution in [1.82, 2.24) is 0 Å². The first kappa shape index (κ1) is 23.4. The van der Waals surface area contributed by atoms with E-state index < -0.39 is 5.54 Å². The fourth-order valence-corrected chi connectivity index (χ4v) is 5.31. The van der Waals surface area contributed by atoms with Gasteiger partial charge < -0.3 is 4.90 Å². The maximum Gasteiger partial charge on any atom is 0.0972 e. The molecule has 182 valence electrons. The highest BCUT2D eigenvalue weighted by Crippen LogP contribution is 2.51. The zero-order valence-corrected chi connectivity index (χ0v) is 21.1. The lowest BCUT2D eigenvalue weighted by molar-refractivity contribution is 0.616. The van der Waals surface area contributed by atoms with Crippen LogP contribution >= 0.6 is 0 Å². The van der Waals surface area contributed by atoms with Gasteiger partial charge in [-0.05, 0) is 82.2 Å². The highest BCUT2D eigenvalue weighted by atomic mass is 15.2. The molecule has 0 amide bonds. The molecule has 0 fully saturated rings. The van der Waals surface area contributed by atoms with E-state index in [-0.39, 0.29) is 0 Å². The number of benzene rings is 5. The van der Waals surface area contributed by atoms with Crippen molar-refractivity contribution >= 4 is 29.2 Å². The van der Waals surface area contributed by atoms with Crippen molar-refractivity contribution in [3.63, 3.8) is 0 Å². The molecule has 0 spiro atoms. The number of hydrogen-bond acceptors (Lipinski definition) is 2. The van der Waals surface area contributed by atoms with E-state index in [1.807, 2.05) is 55.5 Å². The van der Waals surface area contributed by atoms with E-state index in [0.717, 1.165) is 44.9 Å². The normalized spacial score (nSPS) is 15.5. The van der Waals surface area contributed by atoms with Crippen LogP contribution in [0, 0.1) is 0 Å². The monoisotopic (exact) mass is 490 g/mol. The molecule has 0 saturated heterocycles. The second-order valence-corrected chi connectivity index (χ2v) is 9.54. The summed E-state index contributed by atoms with van der Waals surface area (Å²) in [6.07, 6.45) is 4.25. The summed E-state index contributed by atoms with van der Waals surface area (Å²) in [6.45, 7) is 2.00.